The summed E-state index contributed by atoms with van der Waals surface area (Å²) in [6.07, 6.45) is 1.18. The molecule has 0 aliphatic rings. The number of benzene rings is 1. The molecule has 8 N–H and O–H groups in total. The molecule has 0 unspecified atom stereocenters. The highest BCUT2D eigenvalue weighted by Crippen LogP contribution is 2.22. The number of carboxylic acids is 1. The van der Waals surface area contributed by atoms with Crippen molar-refractivity contribution in [2.24, 2.45) is 10.9 Å². The van der Waals surface area contributed by atoms with Gasteiger partial charge in [0.15, 0.2) is 5.69 Å². The van der Waals surface area contributed by atoms with Gasteiger partial charge in [-0.3, -0.25) is 4.79 Å². The molecule has 1 aromatic carbocycles. The van der Waals surface area contributed by atoms with Crippen molar-refractivity contribution in [1.82, 2.24) is 9.89 Å². The number of carboxylic acid groups (broad SMARTS) is 1. The Morgan fingerprint density at radius 2 is 2.08 bits per heavy atom. The number of hydrogen-bond donors (Lipinski definition) is 5. The predicted molar refractivity (Wildman–Crippen MR) is 87.9 cm³/mol. The zero-order valence-corrected chi connectivity index (χ0v) is 12.7. The van der Waals surface area contributed by atoms with Gasteiger partial charge in [-0.25, -0.2) is 9.18 Å². The van der Waals surface area contributed by atoms with Crippen molar-refractivity contribution >= 4 is 29.3 Å². The van der Waals surface area contributed by atoms with Gasteiger partial charge in [0, 0.05) is 5.56 Å². The lowest BCUT2D eigenvalue weighted by Gasteiger charge is -2.11. The van der Waals surface area contributed by atoms with Gasteiger partial charge in [0.25, 0.3) is 5.91 Å². The molecule has 0 atom stereocenters. The molecular formula is C14H14FN7O3. The molecule has 0 aliphatic carbocycles. The van der Waals surface area contributed by atoms with E-state index in [1.165, 1.54) is 6.08 Å². The van der Waals surface area contributed by atoms with Crippen LogP contribution in [0.25, 0.3) is 6.08 Å². The number of hydrogen-bond acceptors (Lipinski definition) is 7. The van der Waals surface area contributed by atoms with Gasteiger partial charge in [-0.15, -0.1) is 5.10 Å². The second-order valence-corrected chi connectivity index (χ2v) is 4.76. The van der Waals surface area contributed by atoms with Crippen LogP contribution in [0, 0.1) is 5.82 Å². The van der Waals surface area contributed by atoms with E-state index < -0.39 is 23.3 Å². The summed E-state index contributed by atoms with van der Waals surface area (Å²) in [4.78, 5) is 24.3. The van der Waals surface area contributed by atoms with E-state index in [-0.39, 0.29) is 28.1 Å². The molecule has 1 amide bonds. The van der Waals surface area contributed by atoms with Crippen LogP contribution in [0.1, 0.15) is 26.4 Å². The molecule has 0 saturated carbocycles. The molecule has 2 rings (SSSR count). The van der Waals surface area contributed by atoms with E-state index in [4.69, 9.17) is 22.5 Å². The standard InChI is InChI=1S/C14H14FN7O3/c1-2-6-3-10(7(14(24)25)4-8(6)15)19-13(23)11-5-9(16)12(20-17)22(18)21-11/h2-5H,1,16-18H2,(H,19,23)(H,24,25)/b20-12-. The Balaban J connectivity index is 2.48. The third-order valence-electron chi connectivity index (χ3n) is 3.17. The van der Waals surface area contributed by atoms with Gasteiger partial charge in [0.2, 0.25) is 5.49 Å². The fraction of sp³-hybridized carbons (Fsp3) is 0. The summed E-state index contributed by atoms with van der Waals surface area (Å²) in [5.74, 6) is 7.58. The largest absolute Gasteiger partial charge is 0.478 e. The smallest absolute Gasteiger partial charge is 0.337 e. The number of aromatic carboxylic acids is 1. The Labute approximate surface area is 140 Å². The first kappa shape index (κ1) is 17.5. The fourth-order valence-corrected chi connectivity index (χ4v) is 1.99. The Bertz CT molecular complexity index is 926. The highest BCUT2D eigenvalue weighted by Gasteiger charge is 2.18. The monoisotopic (exact) mass is 347 g/mol. The minimum atomic E-state index is -1.43. The van der Waals surface area contributed by atoms with Crippen molar-refractivity contribution < 1.29 is 19.1 Å². The van der Waals surface area contributed by atoms with Crippen molar-refractivity contribution in [3.63, 3.8) is 0 Å². The van der Waals surface area contributed by atoms with Gasteiger partial charge in [0.1, 0.15) is 5.82 Å². The minimum absolute atomic E-state index is 0.0129. The Morgan fingerprint density at radius 1 is 1.40 bits per heavy atom. The number of nitrogen functional groups attached to an aromatic ring is 2. The topological polar surface area (TPSA) is 175 Å². The lowest BCUT2D eigenvalue weighted by molar-refractivity contribution is 0.0697. The summed E-state index contributed by atoms with van der Waals surface area (Å²) >= 11 is 0. The normalized spacial score (nSPS) is 11.2. The van der Waals surface area contributed by atoms with Gasteiger partial charge in [-0.05, 0) is 18.2 Å². The molecule has 0 aliphatic heterocycles. The van der Waals surface area contributed by atoms with E-state index in [1.54, 1.807) is 0 Å². The fourth-order valence-electron chi connectivity index (χ4n) is 1.99. The van der Waals surface area contributed by atoms with E-state index in [1.807, 2.05) is 0 Å². The molecule has 0 fully saturated rings. The number of aromatic nitrogens is 2. The van der Waals surface area contributed by atoms with Crippen molar-refractivity contribution in [1.29, 1.82) is 0 Å². The maximum atomic E-state index is 13.7. The molecule has 130 valence electrons. The zero-order chi connectivity index (χ0) is 18.7. The van der Waals surface area contributed by atoms with Crippen molar-refractivity contribution in [2.75, 3.05) is 16.9 Å². The third kappa shape index (κ3) is 3.39. The van der Waals surface area contributed by atoms with Gasteiger partial charge >= 0.3 is 5.97 Å². The summed E-state index contributed by atoms with van der Waals surface area (Å²) in [7, 11) is 0. The van der Waals surface area contributed by atoms with Crippen molar-refractivity contribution in [3.8, 4) is 0 Å². The lowest BCUT2D eigenvalue weighted by atomic mass is 10.1. The van der Waals surface area contributed by atoms with Crippen LogP contribution in [0.15, 0.2) is 29.9 Å². The predicted octanol–water partition coefficient (Wildman–Crippen LogP) is -0.314. The number of rotatable bonds is 4. The van der Waals surface area contributed by atoms with Gasteiger partial charge in [-0.1, -0.05) is 12.7 Å². The summed E-state index contributed by atoms with van der Waals surface area (Å²) < 4.78 is 13.7. The summed E-state index contributed by atoms with van der Waals surface area (Å²) in [5, 5.41) is 18.5. The van der Waals surface area contributed by atoms with E-state index in [0.717, 1.165) is 18.2 Å². The van der Waals surface area contributed by atoms with Gasteiger partial charge in [0.05, 0.1) is 16.9 Å². The van der Waals surface area contributed by atoms with Crippen LogP contribution in [0.3, 0.4) is 0 Å². The Hall–Kier alpha value is -3.89. The van der Waals surface area contributed by atoms with Gasteiger partial charge in [-0.2, -0.15) is 9.89 Å². The van der Waals surface area contributed by atoms with Crippen LogP contribution < -0.4 is 28.2 Å². The molecule has 2 aromatic rings. The van der Waals surface area contributed by atoms with Crippen LogP contribution in [0.4, 0.5) is 15.8 Å². The second kappa shape index (κ2) is 6.70. The van der Waals surface area contributed by atoms with E-state index in [2.05, 4.69) is 22.1 Å². The number of carbonyl (C=O) groups excluding carboxylic acids is 1. The highest BCUT2D eigenvalue weighted by molar-refractivity contribution is 6.07. The van der Waals surface area contributed by atoms with Crippen LogP contribution >= 0.6 is 0 Å². The highest BCUT2D eigenvalue weighted by atomic mass is 19.1. The molecule has 0 bridgehead atoms. The van der Waals surface area contributed by atoms with Crippen molar-refractivity contribution in [2.45, 2.75) is 0 Å². The first-order valence-corrected chi connectivity index (χ1v) is 6.68. The third-order valence-corrected chi connectivity index (χ3v) is 3.17. The minimum Gasteiger partial charge on any atom is -0.478 e. The SMILES string of the molecule is C=Cc1cc(NC(=O)c2cc(N)/c(=N/N)n(N)n2)c(C(=O)O)cc1F. The van der Waals surface area contributed by atoms with Crippen molar-refractivity contribution in [3.05, 3.63) is 52.9 Å². The average Bonchev–Trinajstić information content (AvgIpc) is 2.55. The Morgan fingerprint density at radius 3 is 2.60 bits per heavy atom. The van der Waals surface area contributed by atoms with E-state index >= 15 is 0 Å². The molecule has 0 spiro atoms. The quantitative estimate of drug-likeness (QED) is 0.372. The number of nitrogens with one attached hydrogen (secondary N) is 1. The first-order chi connectivity index (χ1) is 11.8. The molecule has 25 heavy (non-hydrogen) atoms. The molecule has 1 heterocycles. The number of carbonyl (C=O) groups is 2. The van der Waals surface area contributed by atoms with Crippen LogP contribution in [-0.2, 0) is 0 Å². The first-order valence-electron chi connectivity index (χ1n) is 6.68. The zero-order valence-electron chi connectivity index (χ0n) is 12.7. The molecule has 0 saturated heterocycles. The number of halogens is 1. The maximum absolute atomic E-state index is 13.7. The summed E-state index contributed by atoms with van der Waals surface area (Å²) in [6.45, 7) is 3.42. The molecule has 1 aromatic heterocycles. The Kier molecular flexibility index (Phi) is 4.68. The molecule has 10 nitrogen and oxygen atoms in total. The second-order valence-electron chi connectivity index (χ2n) is 4.76. The van der Waals surface area contributed by atoms with Crippen LogP contribution in [0.2, 0.25) is 0 Å². The van der Waals surface area contributed by atoms with Crippen LogP contribution in [-0.4, -0.2) is 26.9 Å². The number of nitrogens with zero attached hydrogens (tertiary/aromatic N) is 3. The maximum Gasteiger partial charge on any atom is 0.337 e. The van der Waals surface area contributed by atoms with E-state index in [0.29, 0.717) is 4.79 Å². The van der Waals surface area contributed by atoms with Gasteiger partial charge < -0.3 is 27.8 Å². The number of nitrogens with two attached hydrogens (primary N) is 3. The number of amides is 1. The molecular weight excluding hydrogens is 333 g/mol. The summed E-state index contributed by atoms with van der Waals surface area (Å²) in [6, 6.07) is 3.06. The molecule has 0 radical (unpaired) electrons. The van der Waals surface area contributed by atoms with E-state index in [9.17, 15) is 14.0 Å². The molecule has 11 heteroatoms. The lowest BCUT2D eigenvalue weighted by Crippen LogP contribution is -2.35. The van der Waals surface area contributed by atoms with Crippen LogP contribution in [0.5, 0.6) is 0 Å². The summed E-state index contributed by atoms with van der Waals surface area (Å²) in [5.41, 5.74) is 4.77. The average molecular weight is 347 g/mol. The number of anilines is 2.